The maximum Gasteiger partial charge on any atom is 0.306 e. The number of ether oxygens (including phenoxy) is 1. The number of nitrogens with zero attached hydrogens (tertiary/aromatic N) is 1. The summed E-state index contributed by atoms with van der Waals surface area (Å²) in [7, 11) is -1.16. The molecule has 0 bridgehead atoms. The third kappa shape index (κ3) is 10.8. The van der Waals surface area contributed by atoms with Crippen LogP contribution in [-0.2, 0) is 18.6 Å². The Bertz CT molecular complexity index is 345. The van der Waals surface area contributed by atoms with E-state index >= 15 is 0 Å². The van der Waals surface area contributed by atoms with E-state index in [0.717, 1.165) is 0 Å². The highest BCUT2D eigenvalue weighted by molar-refractivity contribution is 7.44. The van der Waals surface area contributed by atoms with Crippen molar-refractivity contribution in [2.45, 2.75) is 79.0 Å². The molecular weight excluding hydrogens is 313 g/mol. The second-order valence-corrected chi connectivity index (χ2v) is 8.37. The van der Waals surface area contributed by atoms with Gasteiger partial charge in [0.15, 0.2) is 0 Å². The van der Waals surface area contributed by atoms with Gasteiger partial charge in [-0.15, -0.1) is 6.58 Å². The van der Waals surface area contributed by atoms with E-state index < -0.39 is 14.1 Å². The first-order valence-corrected chi connectivity index (χ1v) is 9.38. The molecule has 6 heteroatoms. The van der Waals surface area contributed by atoms with Crippen molar-refractivity contribution in [3.63, 3.8) is 0 Å². The van der Waals surface area contributed by atoms with Crippen molar-refractivity contribution in [1.29, 1.82) is 0 Å². The SMILES string of the molecule is C=CCOP(OCCCC(=O)OC(C)(C)C)N(C(C)C)C(C)C. The van der Waals surface area contributed by atoms with Crippen LogP contribution in [0.1, 0.15) is 61.3 Å². The smallest absolute Gasteiger partial charge is 0.306 e. The molecule has 0 saturated heterocycles. The molecule has 23 heavy (non-hydrogen) atoms. The summed E-state index contributed by atoms with van der Waals surface area (Å²) >= 11 is 0. The average molecular weight is 347 g/mol. The molecule has 0 aromatic heterocycles. The summed E-state index contributed by atoms with van der Waals surface area (Å²) in [5.41, 5.74) is -0.441. The van der Waals surface area contributed by atoms with Crippen molar-refractivity contribution in [2.24, 2.45) is 0 Å². The molecule has 0 heterocycles. The van der Waals surface area contributed by atoms with E-state index in [4.69, 9.17) is 13.8 Å². The van der Waals surface area contributed by atoms with Crippen LogP contribution in [0.25, 0.3) is 0 Å². The van der Waals surface area contributed by atoms with Crippen LogP contribution in [0.4, 0.5) is 0 Å². The number of rotatable bonds is 11. The second-order valence-electron chi connectivity index (χ2n) is 6.91. The highest BCUT2D eigenvalue weighted by Gasteiger charge is 2.26. The Morgan fingerprint density at radius 2 is 1.74 bits per heavy atom. The fourth-order valence-electron chi connectivity index (χ4n) is 2.01. The van der Waals surface area contributed by atoms with Gasteiger partial charge in [0.2, 0.25) is 0 Å². The summed E-state index contributed by atoms with van der Waals surface area (Å²) in [5.74, 6) is -0.193. The molecule has 0 aliphatic rings. The summed E-state index contributed by atoms with van der Waals surface area (Å²) in [6, 6.07) is 0.633. The van der Waals surface area contributed by atoms with Crippen LogP contribution < -0.4 is 0 Å². The lowest BCUT2D eigenvalue weighted by Crippen LogP contribution is -2.33. The maximum absolute atomic E-state index is 11.7. The largest absolute Gasteiger partial charge is 0.460 e. The minimum Gasteiger partial charge on any atom is -0.460 e. The van der Waals surface area contributed by atoms with Gasteiger partial charge in [-0.3, -0.25) is 4.79 Å². The summed E-state index contributed by atoms with van der Waals surface area (Å²) in [6.45, 7) is 18.7. The summed E-state index contributed by atoms with van der Waals surface area (Å²) < 4.78 is 19.2. The van der Waals surface area contributed by atoms with Crippen LogP contribution in [0.15, 0.2) is 12.7 Å². The molecule has 0 saturated carbocycles. The maximum atomic E-state index is 11.7. The molecule has 0 spiro atoms. The van der Waals surface area contributed by atoms with E-state index in [0.29, 0.717) is 38.1 Å². The van der Waals surface area contributed by atoms with Crippen molar-refractivity contribution in [2.75, 3.05) is 13.2 Å². The first-order valence-electron chi connectivity index (χ1n) is 8.25. The standard InChI is InChI=1S/C17H34NO4P/c1-9-12-20-23(18(14(2)3)15(4)5)21-13-10-11-16(19)22-17(6,7)8/h9,14-15H,1,10-13H2,2-8H3. The van der Waals surface area contributed by atoms with Crippen molar-refractivity contribution in [3.8, 4) is 0 Å². The van der Waals surface area contributed by atoms with Gasteiger partial charge in [0.05, 0.1) is 13.2 Å². The quantitative estimate of drug-likeness (QED) is 0.235. The zero-order chi connectivity index (χ0) is 18.0. The van der Waals surface area contributed by atoms with Crippen LogP contribution in [0, 0.1) is 0 Å². The fourth-order valence-corrected chi connectivity index (χ4v) is 3.63. The second kappa shape index (κ2) is 11.1. The minimum atomic E-state index is -1.16. The van der Waals surface area contributed by atoms with Crippen LogP contribution in [0.5, 0.6) is 0 Å². The average Bonchev–Trinajstić information content (AvgIpc) is 2.37. The Kier molecular flexibility index (Phi) is 10.9. The highest BCUT2D eigenvalue weighted by atomic mass is 31.2. The topological polar surface area (TPSA) is 48.0 Å². The molecule has 136 valence electrons. The Labute approximate surface area is 143 Å². The van der Waals surface area contributed by atoms with Gasteiger partial charge in [-0.05, 0) is 54.9 Å². The van der Waals surface area contributed by atoms with Gasteiger partial charge in [0, 0.05) is 18.5 Å². The molecule has 0 rings (SSSR count). The third-order valence-corrected chi connectivity index (χ3v) is 4.77. The first-order chi connectivity index (χ1) is 10.6. The molecule has 0 radical (unpaired) electrons. The summed E-state index contributed by atoms with van der Waals surface area (Å²) in [4.78, 5) is 11.7. The first kappa shape index (κ1) is 22.5. The molecule has 0 aromatic carbocycles. The summed E-state index contributed by atoms with van der Waals surface area (Å²) in [5, 5.41) is 0. The van der Waals surface area contributed by atoms with E-state index in [1.807, 2.05) is 20.8 Å². The highest BCUT2D eigenvalue weighted by Crippen LogP contribution is 2.45. The van der Waals surface area contributed by atoms with Gasteiger partial charge in [-0.25, -0.2) is 4.67 Å². The Balaban J connectivity index is 4.40. The molecule has 0 aromatic rings. The number of carbonyl (C=O) groups is 1. The molecule has 1 atom stereocenters. The minimum absolute atomic E-state index is 0.193. The van der Waals surface area contributed by atoms with E-state index in [1.165, 1.54) is 0 Å². The monoisotopic (exact) mass is 347 g/mol. The molecule has 5 nitrogen and oxygen atoms in total. The number of hydrogen-bond acceptors (Lipinski definition) is 5. The number of esters is 1. The molecular formula is C17H34NO4P. The van der Waals surface area contributed by atoms with Crippen LogP contribution in [0.2, 0.25) is 0 Å². The molecule has 0 N–H and O–H groups in total. The molecule has 0 aliphatic carbocycles. The van der Waals surface area contributed by atoms with Crippen molar-refractivity contribution < 1.29 is 18.6 Å². The van der Waals surface area contributed by atoms with E-state index in [9.17, 15) is 4.79 Å². The van der Waals surface area contributed by atoms with Crippen molar-refractivity contribution in [3.05, 3.63) is 12.7 Å². The van der Waals surface area contributed by atoms with Gasteiger partial charge < -0.3 is 13.8 Å². The van der Waals surface area contributed by atoms with Gasteiger partial charge in [-0.1, -0.05) is 6.08 Å². The van der Waals surface area contributed by atoms with E-state index in [-0.39, 0.29) is 5.97 Å². The predicted octanol–water partition coefficient (Wildman–Crippen LogP) is 4.67. The van der Waals surface area contributed by atoms with Gasteiger partial charge in [0.1, 0.15) is 5.60 Å². The van der Waals surface area contributed by atoms with E-state index in [1.54, 1.807) is 6.08 Å². The lowest BCUT2D eigenvalue weighted by atomic mass is 10.2. The number of hydrogen-bond donors (Lipinski definition) is 0. The number of carbonyl (C=O) groups excluding carboxylic acids is 1. The van der Waals surface area contributed by atoms with Crippen LogP contribution >= 0.6 is 8.53 Å². The van der Waals surface area contributed by atoms with Crippen LogP contribution in [-0.4, -0.2) is 41.5 Å². The van der Waals surface area contributed by atoms with Crippen LogP contribution in [0.3, 0.4) is 0 Å². The van der Waals surface area contributed by atoms with Crippen molar-refractivity contribution >= 4 is 14.5 Å². The molecule has 0 fully saturated rings. The van der Waals surface area contributed by atoms with E-state index in [2.05, 4.69) is 38.9 Å². The lowest BCUT2D eigenvalue weighted by Gasteiger charge is -2.35. The Morgan fingerprint density at radius 3 is 2.17 bits per heavy atom. The molecule has 0 amide bonds. The third-order valence-electron chi connectivity index (χ3n) is 2.70. The summed E-state index contributed by atoms with van der Waals surface area (Å²) in [6.07, 6.45) is 2.69. The Hall–Kier alpha value is -0.480. The molecule has 1 unspecified atom stereocenters. The fraction of sp³-hybridized carbons (Fsp3) is 0.824. The van der Waals surface area contributed by atoms with Crippen molar-refractivity contribution in [1.82, 2.24) is 4.67 Å². The van der Waals surface area contributed by atoms with Gasteiger partial charge in [0.25, 0.3) is 8.53 Å². The molecule has 0 aliphatic heterocycles. The van der Waals surface area contributed by atoms with Gasteiger partial charge >= 0.3 is 5.97 Å². The van der Waals surface area contributed by atoms with Gasteiger partial charge in [-0.2, -0.15) is 0 Å². The zero-order valence-corrected chi connectivity index (χ0v) is 16.7. The Morgan fingerprint density at radius 1 is 1.17 bits per heavy atom. The normalized spacial score (nSPS) is 13.7. The predicted molar refractivity (Wildman–Crippen MR) is 96.2 cm³/mol. The lowest BCUT2D eigenvalue weighted by molar-refractivity contribution is -0.155. The zero-order valence-electron chi connectivity index (χ0n) is 15.8.